The SMILES string of the molecule is CCCOc1ccccc1CN1CCC(c2noc(-c3cnc(C)cn3)n2)CC1. The number of para-hydroxylation sites is 1. The fourth-order valence-electron chi connectivity index (χ4n) is 3.59. The second-order valence-electron chi connectivity index (χ2n) is 7.51. The van der Waals surface area contributed by atoms with Crippen molar-refractivity contribution < 1.29 is 9.26 Å². The van der Waals surface area contributed by atoms with Gasteiger partial charge in [0.05, 0.1) is 18.5 Å². The molecule has 1 aromatic carbocycles. The molecule has 0 spiro atoms. The van der Waals surface area contributed by atoms with Crippen LogP contribution in [0.15, 0.2) is 41.2 Å². The second-order valence-corrected chi connectivity index (χ2v) is 7.51. The fourth-order valence-corrected chi connectivity index (χ4v) is 3.59. The Balaban J connectivity index is 1.35. The highest BCUT2D eigenvalue weighted by atomic mass is 16.5. The lowest BCUT2D eigenvalue weighted by Gasteiger charge is -2.30. The Morgan fingerprint density at radius 1 is 1.14 bits per heavy atom. The lowest BCUT2D eigenvalue weighted by Crippen LogP contribution is -2.32. The molecule has 4 rings (SSSR count). The third-order valence-electron chi connectivity index (χ3n) is 5.22. The van der Waals surface area contributed by atoms with E-state index in [1.807, 2.05) is 13.0 Å². The van der Waals surface area contributed by atoms with Crippen LogP contribution >= 0.6 is 0 Å². The standard InChI is InChI=1S/C22H27N5O2/c1-3-12-28-20-7-5-4-6-18(20)15-27-10-8-17(9-11-27)21-25-22(29-26-21)19-14-23-16(2)13-24-19/h4-7,13-14,17H,3,8-12,15H2,1-2H3. The van der Waals surface area contributed by atoms with Crippen LogP contribution in [0.1, 0.15) is 49.2 Å². The zero-order valence-electron chi connectivity index (χ0n) is 17.0. The fraction of sp³-hybridized carbons (Fsp3) is 0.455. The molecular formula is C22H27N5O2. The summed E-state index contributed by atoms with van der Waals surface area (Å²) in [7, 11) is 0. The minimum Gasteiger partial charge on any atom is -0.493 e. The van der Waals surface area contributed by atoms with Crippen molar-refractivity contribution >= 4 is 0 Å². The van der Waals surface area contributed by atoms with Crippen LogP contribution < -0.4 is 4.74 Å². The topological polar surface area (TPSA) is 77.2 Å². The molecule has 0 unspecified atom stereocenters. The molecule has 0 amide bonds. The largest absolute Gasteiger partial charge is 0.493 e. The number of piperidine rings is 1. The van der Waals surface area contributed by atoms with E-state index in [9.17, 15) is 0 Å². The van der Waals surface area contributed by atoms with Crippen LogP contribution in [0.2, 0.25) is 0 Å². The quantitative estimate of drug-likeness (QED) is 0.600. The van der Waals surface area contributed by atoms with Crippen LogP contribution in [0.4, 0.5) is 0 Å². The number of aromatic nitrogens is 4. The first-order valence-electron chi connectivity index (χ1n) is 10.3. The summed E-state index contributed by atoms with van der Waals surface area (Å²) in [6.07, 6.45) is 6.42. The van der Waals surface area contributed by atoms with Gasteiger partial charge in [-0.2, -0.15) is 4.98 Å². The maximum absolute atomic E-state index is 5.90. The molecule has 3 aromatic rings. The van der Waals surface area contributed by atoms with Gasteiger partial charge in [-0.05, 0) is 45.3 Å². The van der Waals surface area contributed by atoms with Crippen molar-refractivity contribution in [3.05, 3.63) is 53.7 Å². The smallest absolute Gasteiger partial charge is 0.278 e. The van der Waals surface area contributed by atoms with Gasteiger partial charge in [0.1, 0.15) is 11.4 Å². The Labute approximate surface area is 171 Å². The van der Waals surface area contributed by atoms with Crippen LogP contribution in [0.3, 0.4) is 0 Å². The predicted octanol–water partition coefficient (Wildman–Crippen LogP) is 4.00. The van der Waals surface area contributed by atoms with E-state index >= 15 is 0 Å². The van der Waals surface area contributed by atoms with Crippen LogP contribution in [-0.4, -0.2) is 44.7 Å². The molecule has 3 heterocycles. The van der Waals surface area contributed by atoms with Crippen molar-refractivity contribution in [3.63, 3.8) is 0 Å². The van der Waals surface area contributed by atoms with Gasteiger partial charge in [0.2, 0.25) is 0 Å². The highest BCUT2D eigenvalue weighted by Gasteiger charge is 2.25. The van der Waals surface area contributed by atoms with E-state index in [0.29, 0.717) is 17.5 Å². The Morgan fingerprint density at radius 2 is 1.97 bits per heavy atom. The zero-order chi connectivity index (χ0) is 20.1. The van der Waals surface area contributed by atoms with Gasteiger partial charge in [-0.15, -0.1) is 0 Å². The Bertz CT molecular complexity index is 917. The summed E-state index contributed by atoms with van der Waals surface area (Å²) in [6, 6.07) is 8.33. The number of likely N-dealkylation sites (tertiary alicyclic amines) is 1. The molecule has 0 atom stereocenters. The minimum absolute atomic E-state index is 0.314. The average Bonchev–Trinajstić information content (AvgIpc) is 3.24. The summed E-state index contributed by atoms with van der Waals surface area (Å²) >= 11 is 0. The molecule has 0 bridgehead atoms. The molecule has 2 aromatic heterocycles. The zero-order valence-corrected chi connectivity index (χ0v) is 17.0. The van der Waals surface area contributed by atoms with E-state index in [1.165, 1.54) is 5.56 Å². The van der Waals surface area contributed by atoms with E-state index < -0.39 is 0 Å². The maximum atomic E-state index is 5.90. The Hall–Kier alpha value is -2.80. The molecule has 0 aliphatic carbocycles. The Morgan fingerprint density at radius 3 is 2.72 bits per heavy atom. The summed E-state index contributed by atoms with van der Waals surface area (Å²) in [5.74, 6) is 2.53. The molecule has 7 heteroatoms. The number of rotatable bonds is 7. The monoisotopic (exact) mass is 393 g/mol. The predicted molar refractivity (Wildman–Crippen MR) is 110 cm³/mol. The molecule has 7 nitrogen and oxygen atoms in total. The van der Waals surface area contributed by atoms with Gasteiger partial charge in [-0.25, -0.2) is 4.98 Å². The molecule has 0 N–H and O–H groups in total. The summed E-state index contributed by atoms with van der Waals surface area (Å²) < 4.78 is 11.3. The van der Waals surface area contributed by atoms with Gasteiger partial charge in [0.25, 0.3) is 5.89 Å². The van der Waals surface area contributed by atoms with Crippen LogP contribution in [0, 0.1) is 6.92 Å². The van der Waals surface area contributed by atoms with Crippen molar-refractivity contribution in [1.82, 2.24) is 25.0 Å². The minimum atomic E-state index is 0.314. The van der Waals surface area contributed by atoms with Crippen molar-refractivity contribution in [2.45, 2.75) is 45.6 Å². The summed E-state index contributed by atoms with van der Waals surface area (Å²) in [5.41, 5.74) is 2.73. The van der Waals surface area contributed by atoms with Gasteiger partial charge in [0.15, 0.2) is 5.82 Å². The number of hydrogen-bond acceptors (Lipinski definition) is 7. The van der Waals surface area contributed by atoms with Crippen LogP contribution in [0.25, 0.3) is 11.6 Å². The van der Waals surface area contributed by atoms with Gasteiger partial charge >= 0.3 is 0 Å². The normalized spacial score (nSPS) is 15.5. The van der Waals surface area contributed by atoms with Crippen molar-refractivity contribution in [2.75, 3.05) is 19.7 Å². The number of hydrogen-bond donors (Lipinski definition) is 0. The first-order chi connectivity index (χ1) is 14.2. The molecule has 1 aliphatic heterocycles. The molecule has 1 aliphatic rings. The average molecular weight is 393 g/mol. The second kappa shape index (κ2) is 9.13. The number of aryl methyl sites for hydroxylation is 1. The van der Waals surface area contributed by atoms with Gasteiger partial charge in [-0.3, -0.25) is 9.88 Å². The lowest BCUT2D eigenvalue weighted by molar-refractivity contribution is 0.196. The third-order valence-corrected chi connectivity index (χ3v) is 5.22. The van der Waals surface area contributed by atoms with E-state index in [-0.39, 0.29) is 0 Å². The molecule has 152 valence electrons. The molecular weight excluding hydrogens is 366 g/mol. The summed E-state index contributed by atoms with van der Waals surface area (Å²) in [4.78, 5) is 15.6. The number of nitrogens with zero attached hydrogens (tertiary/aromatic N) is 5. The maximum Gasteiger partial charge on any atom is 0.278 e. The summed E-state index contributed by atoms with van der Waals surface area (Å²) in [5, 5.41) is 4.20. The van der Waals surface area contributed by atoms with E-state index in [1.54, 1.807) is 12.4 Å². The molecule has 1 saturated heterocycles. The Kier molecular flexibility index (Phi) is 6.14. The highest BCUT2D eigenvalue weighted by Crippen LogP contribution is 2.29. The number of ether oxygens (including phenoxy) is 1. The lowest BCUT2D eigenvalue weighted by atomic mass is 9.96. The highest BCUT2D eigenvalue weighted by molar-refractivity contribution is 5.44. The van der Waals surface area contributed by atoms with E-state index in [0.717, 1.165) is 62.8 Å². The molecule has 0 radical (unpaired) electrons. The van der Waals surface area contributed by atoms with Crippen molar-refractivity contribution in [1.29, 1.82) is 0 Å². The van der Waals surface area contributed by atoms with Crippen LogP contribution in [0.5, 0.6) is 5.75 Å². The first kappa shape index (κ1) is 19.5. The first-order valence-corrected chi connectivity index (χ1v) is 10.3. The van der Waals surface area contributed by atoms with Crippen LogP contribution in [-0.2, 0) is 6.54 Å². The molecule has 0 saturated carbocycles. The van der Waals surface area contributed by atoms with Crippen molar-refractivity contribution in [3.8, 4) is 17.3 Å². The third kappa shape index (κ3) is 4.79. The van der Waals surface area contributed by atoms with Gasteiger partial charge in [0, 0.05) is 24.2 Å². The van der Waals surface area contributed by atoms with Crippen molar-refractivity contribution in [2.24, 2.45) is 0 Å². The van der Waals surface area contributed by atoms with Gasteiger partial charge in [-0.1, -0.05) is 30.3 Å². The summed E-state index contributed by atoms with van der Waals surface area (Å²) in [6.45, 7) is 7.69. The molecule has 1 fully saturated rings. The van der Waals surface area contributed by atoms with E-state index in [4.69, 9.17) is 9.26 Å². The molecule has 29 heavy (non-hydrogen) atoms. The van der Waals surface area contributed by atoms with Gasteiger partial charge < -0.3 is 9.26 Å². The van der Waals surface area contributed by atoms with E-state index in [2.05, 4.69) is 50.1 Å². The number of benzene rings is 1.